The van der Waals surface area contributed by atoms with Crippen molar-refractivity contribution in [3.05, 3.63) is 40.1 Å². The van der Waals surface area contributed by atoms with Crippen molar-refractivity contribution in [3.63, 3.8) is 0 Å². The molecule has 0 spiro atoms. The number of aliphatic hydroxyl groups is 1. The van der Waals surface area contributed by atoms with Gasteiger partial charge in [0.05, 0.1) is 13.2 Å². The second-order valence-corrected chi connectivity index (χ2v) is 5.95. The third-order valence-electron chi connectivity index (χ3n) is 2.78. The van der Waals surface area contributed by atoms with Crippen LogP contribution < -0.4 is 0 Å². The SMILES string of the molecule is O=C(c1cn2ccsc2n1)N(CCO)Cc1nccs1. The third-order valence-corrected chi connectivity index (χ3v) is 4.31. The minimum atomic E-state index is -0.190. The van der Waals surface area contributed by atoms with Crippen molar-refractivity contribution >= 4 is 33.5 Å². The Morgan fingerprint density at radius 1 is 1.40 bits per heavy atom. The summed E-state index contributed by atoms with van der Waals surface area (Å²) >= 11 is 2.96. The Morgan fingerprint density at radius 2 is 2.30 bits per heavy atom. The number of fused-ring (bicyclic) bond motifs is 1. The number of thiazole rings is 2. The summed E-state index contributed by atoms with van der Waals surface area (Å²) in [4.78, 5) is 23.3. The number of hydrogen-bond donors (Lipinski definition) is 1. The van der Waals surface area contributed by atoms with Crippen LogP contribution in [0.5, 0.6) is 0 Å². The first-order valence-corrected chi connectivity index (χ1v) is 7.74. The van der Waals surface area contributed by atoms with E-state index in [9.17, 15) is 4.79 Å². The average molecular weight is 308 g/mol. The summed E-state index contributed by atoms with van der Waals surface area (Å²) in [7, 11) is 0. The first-order chi connectivity index (χ1) is 9.78. The van der Waals surface area contributed by atoms with E-state index in [-0.39, 0.29) is 19.1 Å². The van der Waals surface area contributed by atoms with Gasteiger partial charge in [-0.2, -0.15) is 0 Å². The zero-order chi connectivity index (χ0) is 13.9. The van der Waals surface area contributed by atoms with Crippen LogP contribution in [0.1, 0.15) is 15.5 Å². The fourth-order valence-corrected chi connectivity index (χ4v) is 3.19. The monoisotopic (exact) mass is 308 g/mol. The molecule has 3 aromatic heterocycles. The van der Waals surface area contributed by atoms with Gasteiger partial charge in [-0.1, -0.05) is 0 Å². The van der Waals surface area contributed by atoms with Gasteiger partial charge < -0.3 is 10.0 Å². The predicted molar refractivity (Wildman–Crippen MR) is 77.0 cm³/mol. The van der Waals surface area contributed by atoms with Crippen molar-refractivity contribution in [2.45, 2.75) is 6.54 Å². The van der Waals surface area contributed by atoms with E-state index >= 15 is 0 Å². The van der Waals surface area contributed by atoms with Gasteiger partial charge in [0.25, 0.3) is 5.91 Å². The number of carbonyl (C=O) groups is 1. The zero-order valence-electron chi connectivity index (χ0n) is 10.5. The quantitative estimate of drug-likeness (QED) is 0.775. The van der Waals surface area contributed by atoms with E-state index in [1.54, 1.807) is 17.3 Å². The molecule has 0 atom stereocenters. The molecule has 104 valence electrons. The van der Waals surface area contributed by atoms with Crippen molar-refractivity contribution in [1.82, 2.24) is 19.3 Å². The lowest BCUT2D eigenvalue weighted by Crippen LogP contribution is -2.33. The molecule has 3 heterocycles. The Balaban J connectivity index is 1.82. The van der Waals surface area contributed by atoms with Crippen LogP contribution in [0, 0.1) is 0 Å². The summed E-state index contributed by atoms with van der Waals surface area (Å²) in [5, 5.41) is 13.7. The fourth-order valence-electron chi connectivity index (χ4n) is 1.86. The zero-order valence-corrected chi connectivity index (χ0v) is 12.1. The Kier molecular flexibility index (Phi) is 3.77. The van der Waals surface area contributed by atoms with Crippen molar-refractivity contribution in [2.24, 2.45) is 0 Å². The number of aliphatic hydroxyl groups excluding tert-OH is 1. The molecule has 6 nitrogen and oxygen atoms in total. The molecule has 0 radical (unpaired) electrons. The Bertz CT molecular complexity index is 676. The van der Waals surface area contributed by atoms with Gasteiger partial charge in [0.1, 0.15) is 10.7 Å². The summed E-state index contributed by atoms with van der Waals surface area (Å²) in [6, 6.07) is 0. The Morgan fingerprint density at radius 3 is 3.00 bits per heavy atom. The maximum Gasteiger partial charge on any atom is 0.274 e. The molecule has 0 aliphatic heterocycles. The molecule has 0 aromatic carbocycles. The molecule has 3 rings (SSSR count). The minimum Gasteiger partial charge on any atom is -0.395 e. The average Bonchev–Trinajstić information content (AvgIpc) is 3.13. The first kappa shape index (κ1) is 13.2. The van der Waals surface area contributed by atoms with Gasteiger partial charge in [0.15, 0.2) is 4.96 Å². The second-order valence-electron chi connectivity index (χ2n) is 4.10. The highest BCUT2D eigenvalue weighted by Crippen LogP contribution is 2.15. The van der Waals surface area contributed by atoms with E-state index in [1.807, 2.05) is 21.4 Å². The predicted octanol–water partition coefficient (Wildman–Crippen LogP) is 1.49. The van der Waals surface area contributed by atoms with E-state index in [4.69, 9.17) is 5.11 Å². The first-order valence-electron chi connectivity index (χ1n) is 5.98. The van der Waals surface area contributed by atoms with Gasteiger partial charge >= 0.3 is 0 Å². The smallest absolute Gasteiger partial charge is 0.274 e. The summed E-state index contributed by atoms with van der Waals surface area (Å²) in [6.45, 7) is 0.575. The van der Waals surface area contributed by atoms with Gasteiger partial charge in [-0.25, -0.2) is 9.97 Å². The normalized spacial score (nSPS) is 11.1. The standard InChI is InChI=1S/C12H12N4O2S2/c17-4-2-15(8-10-13-1-5-19-10)11(18)9-7-16-3-6-20-12(16)14-9/h1,3,5-7,17H,2,4,8H2. The fraction of sp³-hybridized carbons (Fsp3) is 0.250. The highest BCUT2D eigenvalue weighted by atomic mass is 32.1. The van der Waals surface area contributed by atoms with Crippen LogP contribution >= 0.6 is 22.7 Å². The van der Waals surface area contributed by atoms with Crippen LogP contribution in [-0.4, -0.2) is 43.4 Å². The molecule has 0 saturated carbocycles. The van der Waals surface area contributed by atoms with E-state index in [2.05, 4.69) is 9.97 Å². The highest BCUT2D eigenvalue weighted by Gasteiger charge is 2.20. The third kappa shape index (κ3) is 2.58. The number of rotatable bonds is 5. The molecule has 8 heteroatoms. The van der Waals surface area contributed by atoms with Crippen LogP contribution in [0.4, 0.5) is 0 Å². The molecule has 0 aliphatic rings. The molecule has 3 aromatic rings. The number of carbonyl (C=O) groups excluding carboxylic acids is 1. The maximum atomic E-state index is 12.4. The summed E-state index contributed by atoms with van der Waals surface area (Å²) in [5.41, 5.74) is 0.391. The van der Waals surface area contributed by atoms with Crippen molar-refractivity contribution < 1.29 is 9.90 Å². The van der Waals surface area contributed by atoms with Gasteiger partial charge in [0, 0.05) is 35.9 Å². The van der Waals surface area contributed by atoms with Crippen LogP contribution in [-0.2, 0) is 6.54 Å². The molecule has 0 bridgehead atoms. The van der Waals surface area contributed by atoms with Crippen LogP contribution in [0.25, 0.3) is 4.96 Å². The van der Waals surface area contributed by atoms with Crippen LogP contribution in [0.3, 0.4) is 0 Å². The topological polar surface area (TPSA) is 70.7 Å². The lowest BCUT2D eigenvalue weighted by molar-refractivity contribution is 0.0702. The van der Waals surface area contributed by atoms with Crippen molar-refractivity contribution in [1.29, 1.82) is 0 Å². The molecular formula is C12H12N4O2S2. The van der Waals surface area contributed by atoms with E-state index < -0.39 is 0 Å². The van der Waals surface area contributed by atoms with Gasteiger partial charge in [-0.05, 0) is 0 Å². The second kappa shape index (κ2) is 5.70. The summed E-state index contributed by atoms with van der Waals surface area (Å²) in [5.74, 6) is -0.190. The molecular weight excluding hydrogens is 296 g/mol. The summed E-state index contributed by atoms with van der Waals surface area (Å²) in [6.07, 6.45) is 5.27. The molecule has 1 amide bonds. The number of aromatic nitrogens is 3. The van der Waals surface area contributed by atoms with Gasteiger partial charge in [0.2, 0.25) is 0 Å². The lowest BCUT2D eigenvalue weighted by Gasteiger charge is -2.19. The highest BCUT2D eigenvalue weighted by molar-refractivity contribution is 7.15. The number of amides is 1. The van der Waals surface area contributed by atoms with E-state index in [0.717, 1.165) is 9.97 Å². The van der Waals surface area contributed by atoms with E-state index in [0.29, 0.717) is 12.2 Å². The van der Waals surface area contributed by atoms with Crippen LogP contribution in [0.2, 0.25) is 0 Å². The lowest BCUT2D eigenvalue weighted by atomic mass is 10.3. The molecule has 0 saturated heterocycles. The number of hydrogen-bond acceptors (Lipinski definition) is 6. The Labute approximate surface area is 123 Å². The van der Waals surface area contributed by atoms with Gasteiger partial charge in [-0.3, -0.25) is 9.20 Å². The maximum absolute atomic E-state index is 12.4. The van der Waals surface area contributed by atoms with Crippen LogP contribution in [0.15, 0.2) is 29.4 Å². The number of nitrogens with zero attached hydrogens (tertiary/aromatic N) is 4. The molecule has 1 N–H and O–H groups in total. The Hall–Kier alpha value is -1.77. The van der Waals surface area contributed by atoms with Crippen molar-refractivity contribution in [3.8, 4) is 0 Å². The minimum absolute atomic E-state index is 0.0840. The number of imidazole rings is 1. The molecule has 20 heavy (non-hydrogen) atoms. The molecule has 0 unspecified atom stereocenters. The molecule has 0 aliphatic carbocycles. The van der Waals surface area contributed by atoms with Gasteiger partial charge in [-0.15, -0.1) is 22.7 Å². The van der Waals surface area contributed by atoms with Crippen molar-refractivity contribution in [2.75, 3.05) is 13.2 Å². The summed E-state index contributed by atoms with van der Waals surface area (Å²) < 4.78 is 1.82. The van der Waals surface area contributed by atoms with E-state index in [1.165, 1.54) is 22.7 Å². The molecule has 0 fully saturated rings. The largest absolute Gasteiger partial charge is 0.395 e.